The Morgan fingerprint density at radius 3 is 2.41 bits per heavy atom. The van der Waals surface area contributed by atoms with Crippen molar-refractivity contribution in [3.8, 4) is 22.8 Å². The molecule has 4 aromatic rings. The molecule has 0 amide bonds. The van der Waals surface area contributed by atoms with E-state index in [1.165, 1.54) is 6.26 Å². The highest BCUT2D eigenvalue weighted by molar-refractivity contribution is 5.92. The molecule has 0 spiro atoms. The average molecular weight is 383 g/mol. The summed E-state index contributed by atoms with van der Waals surface area (Å²) in [5.74, 6) is -0.259. The first-order valence-corrected chi connectivity index (χ1v) is 8.97. The van der Waals surface area contributed by atoms with Gasteiger partial charge in [0.1, 0.15) is 11.4 Å². The molecule has 0 fully saturated rings. The Hall–Kier alpha value is -4.12. The van der Waals surface area contributed by atoms with E-state index >= 15 is 0 Å². The van der Waals surface area contributed by atoms with Crippen molar-refractivity contribution >= 4 is 17.9 Å². The molecule has 0 aliphatic carbocycles. The smallest absolute Gasteiger partial charge is 0.345 e. The van der Waals surface area contributed by atoms with E-state index in [2.05, 4.69) is 4.99 Å². The van der Waals surface area contributed by atoms with Gasteiger partial charge in [-0.1, -0.05) is 48.5 Å². The van der Waals surface area contributed by atoms with Crippen molar-refractivity contribution in [3.63, 3.8) is 0 Å². The lowest BCUT2D eigenvalue weighted by molar-refractivity contribution is 0.0694. The lowest BCUT2D eigenvalue weighted by atomic mass is 10.0. The van der Waals surface area contributed by atoms with Crippen LogP contribution >= 0.6 is 0 Å². The molecular weight excluding hydrogens is 366 g/mol. The number of rotatable bonds is 5. The molecule has 0 saturated carbocycles. The summed E-state index contributed by atoms with van der Waals surface area (Å²) in [6.45, 7) is 0. The summed E-state index contributed by atoms with van der Waals surface area (Å²) in [6.07, 6.45) is 3.07. The van der Waals surface area contributed by atoms with Crippen LogP contribution in [0.25, 0.3) is 11.1 Å². The largest absolute Gasteiger partial charge is 0.506 e. The monoisotopic (exact) mass is 383 g/mol. The number of benzene rings is 3. The van der Waals surface area contributed by atoms with Gasteiger partial charge in [-0.3, -0.25) is 4.99 Å². The van der Waals surface area contributed by atoms with Crippen molar-refractivity contribution in [1.82, 2.24) is 0 Å². The van der Waals surface area contributed by atoms with Gasteiger partial charge in [-0.2, -0.15) is 0 Å². The Labute approximate surface area is 167 Å². The van der Waals surface area contributed by atoms with Gasteiger partial charge in [0.25, 0.3) is 5.95 Å². The molecule has 3 aromatic carbocycles. The van der Waals surface area contributed by atoms with E-state index in [4.69, 9.17) is 9.15 Å². The third-order valence-electron chi connectivity index (χ3n) is 4.27. The fourth-order valence-corrected chi connectivity index (χ4v) is 2.76. The molecule has 4 rings (SSSR count). The lowest BCUT2D eigenvalue weighted by Crippen LogP contribution is -2.07. The van der Waals surface area contributed by atoms with E-state index in [0.29, 0.717) is 11.3 Å². The van der Waals surface area contributed by atoms with Gasteiger partial charge in [0, 0.05) is 12.3 Å². The Morgan fingerprint density at radius 2 is 1.69 bits per heavy atom. The van der Waals surface area contributed by atoms with Crippen molar-refractivity contribution in [3.05, 3.63) is 102 Å². The van der Waals surface area contributed by atoms with Crippen LogP contribution in [-0.2, 0) is 0 Å². The minimum Gasteiger partial charge on any atom is -0.506 e. The van der Waals surface area contributed by atoms with E-state index in [-0.39, 0.29) is 11.7 Å². The zero-order valence-electron chi connectivity index (χ0n) is 15.4. The molecule has 0 bridgehead atoms. The topological polar surface area (TPSA) is 72.0 Å². The molecule has 1 aromatic heterocycles. The van der Waals surface area contributed by atoms with Gasteiger partial charge in [0.2, 0.25) is 0 Å². The zero-order chi connectivity index (χ0) is 20.1. The number of phenolic OH excluding ortho intramolecular Hbond substituents is 1. The molecule has 0 aliphatic heterocycles. The fraction of sp³-hybridized carbons (Fsp3) is 0. The summed E-state index contributed by atoms with van der Waals surface area (Å²) in [4.78, 5) is 16.5. The number of ether oxygens (including phenoxy) is 1. The molecule has 0 unspecified atom stereocenters. The van der Waals surface area contributed by atoms with Crippen LogP contribution in [0.4, 0.5) is 5.69 Å². The average Bonchev–Trinajstić information content (AvgIpc) is 3.27. The number of furan rings is 1. The first-order valence-electron chi connectivity index (χ1n) is 8.97. The maximum atomic E-state index is 12.1. The van der Waals surface area contributed by atoms with Gasteiger partial charge in [-0.05, 0) is 47.0 Å². The minimum absolute atomic E-state index is 0.0968. The number of aromatic hydroxyl groups is 1. The molecular formula is C24H17NO4. The van der Waals surface area contributed by atoms with Crippen LogP contribution in [0.5, 0.6) is 11.7 Å². The number of carbonyl (C=O) groups excluding carboxylic acids is 1. The Balaban J connectivity index is 1.50. The van der Waals surface area contributed by atoms with Crippen LogP contribution in [0.2, 0.25) is 0 Å². The number of hydrogen-bond acceptors (Lipinski definition) is 5. The van der Waals surface area contributed by atoms with Crippen LogP contribution in [0.15, 0.2) is 101 Å². The van der Waals surface area contributed by atoms with Crippen molar-refractivity contribution < 1.29 is 19.1 Å². The summed E-state index contributed by atoms with van der Waals surface area (Å²) in [7, 11) is 0. The molecule has 1 heterocycles. The third kappa shape index (κ3) is 4.42. The second kappa shape index (κ2) is 8.27. The van der Waals surface area contributed by atoms with E-state index < -0.39 is 5.97 Å². The van der Waals surface area contributed by atoms with Gasteiger partial charge < -0.3 is 14.3 Å². The summed E-state index contributed by atoms with van der Waals surface area (Å²) in [6, 6.07) is 25.2. The Morgan fingerprint density at radius 1 is 0.897 bits per heavy atom. The highest BCUT2D eigenvalue weighted by Crippen LogP contribution is 2.31. The molecule has 0 saturated heterocycles. The van der Waals surface area contributed by atoms with Crippen molar-refractivity contribution in [2.24, 2.45) is 4.99 Å². The molecule has 5 heteroatoms. The van der Waals surface area contributed by atoms with Crippen LogP contribution in [0.3, 0.4) is 0 Å². The SMILES string of the molecule is O=C(Oc1ccco1)c1ccc(C=Nc2cc(-c3ccccc3)ccc2O)cc1. The maximum Gasteiger partial charge on any atom is 0.345 e. The van der Waals surface area contributed by atoms with Gasteiger partial charge >= 0.3 is 5.97 Å². The van der Waals surface area contributed by atoms with Crippen molar-refractivity contribution in [2.45, 2.75) is 0 Å². The molecule has 0 radical (unpaired) electrons. The normalized spacial score (nSPS) is 10.9. The second-order valence-electron chi connectivity index (χ2n) is 6.27. The third-order valence-corrected chi connectivity index (χ3v) is 4.27. The van der Waals surface area contributed by atoms with Crippen molar-refractivity contribution in [2.75, 3.05) is 0 Å². The summed E-state index contributed by atoms with van der Waals surface area (Å²) in [5.41, 5.74) is 3.65. The number of nitrogens with zero attached hydrogens (tertiary/aromatic N) is 1. The second-order valence-corrected chi connectivity index (χ2v) is 6.27. The van der Waals surface area contributed by atoms with Gasteiger partial charge in [0.15, 0.2) is 0 Å². The summed E-state index contributed by atoms with van der Waals surface area (Å²) in [5, 5.41) is 10.1. The first kappa shape index (κ1) is 18.3. The van der Waals surface area contributed by atoms with E-state index in [0.717, 1.165) is 16.7 Å². The molecule has 1 N–H and O–H groups in total. The first-order chi connectivity index (χ1) is 14.2. The molecule has 0 atom stereocenters. The number of esters is 1. The Bertz CT molecular complexity index is 1130. The molecule has 5 nitrogen and oxygen atoms in total. The van der Waals surface area contributed by atoms with E-state index in [9.17, 15) is 9.90 Å². The van der Waals surface area contributed by atoms with E-state index in [1.54, 1.807) is 48.7 Å². The molecule has 0 aliphatic rings. The predicted octanol–water partition coefficient (Wildman–Crippen LogP) is 5.62. The fourth-order valence-electron chi connectivity index (χ4n) is 2.76. The Kier molecular flexibility index (Phi) is 5.21. The van der Waals surface area contributed by atoms with Crippen LogP contribution in [0, 0.1) is 0 Å². The van der Waals surface area contributed by atoms with Crippen molar-refractivity contribution in [1.29, 1.82) is 0 Å². The van der Waals surface area contributed by atoms with Gasteiger partial charge in [0.05, 0.1) is 11.8 Å². The minimum atomic E-state index is -0.503. The summed E-state index contributed by atoms with van der Waals surface area (Å²) < 4.78 is 10.1. The number of hydrogen-bond donors (Lipinski definition) is 1. The number of carbonyl (C=O) groups is 1. The highest BCUT2D eigenvalue weighted by atomic mass is 16.6. The molecule has 29 heavy (non-hydrogen) atoms. The highest BCUT2D eigenvalue weighted by Gasteiger charge is 2.10. The van der Waals surface area contributed by atoms with Crippen LogP contribution in [0.1, 0.15) is 15.9 Å². The quantitative estimate of drug-likeness (QED) is 0.358. The number of aliphatic imine (C=N–C) groups is 1. The van der Waals surface area contributed by atoms with Crippen LogP contribution < -0.4 is 4.74 Å². The zero-order valence-corrected chi connectivity index (χ0v) is 15.4. The lowest BCUT2D eigenvalue weighted by Gasteiger charge is -2.05. The van der Waals surface area contributed by atoms with E-state index in [1.807, 2.05) is 42.5 Å². The maximum absolute atomic E-state index is 12.1. The standard InChI is InChI=1S/C24H17NO4/c26-22-13-12-20(18-5-2-1-3-6-18)15-21(22)25-16-17-8-10-19(11-9-17)24(27)29-23-7-4-14-28-23/h1-16,26H. The van der Waals surface area contributed by atoms with Crippen LogP contribution in [-0.4, -0.2) is 17.3 Å². The molecule has 142 valence electrons. The van der Waals surface area contributed by atoms with Gasteiger partial charge in [-0.25, -0.2) is 4.79 Å². The predicted molar refractivity (Wildman–Crippen MR) is 111 cm³/mol. The number of phenols is 1. The summed E-state index contributed by atoms with van der Waals surface area (Å²) >= 11 is 0. The van der Waals surface area contributed by atoms with Gasteiger partial charge in [-0.15, -0.1) is 0 Å².